The average molecular weight is 448 g/mol. The van der Waals surface area contributed by atoms with Crippen molar-refractivity contribution in [1.29, 1.82) is 0 Å². The quantitative estimate of drug-likeness (QED) is 0.529. The van der Waals surface area contributed by atoms with Crippen LogP contribution in [0.4, 0.5) is 16.2 Å². The Bertz CT molecular complexity index is 827. The topological polar surface area (TPSA) is 96.5 Å². The van der Waals surface area contributed by atoms with Gasteiger partial charge in [-0.25, -0.2) is 9.59 Å². The Morgan fingerprint density at radius 1 is 1.04 bits per heavy atom. The molecular weight excluding hydrogens is 426 g/mol. The molecule has 0 atom stereocenters. The molecule has 0 saturated heterocycles. The van der Waals surface area contributed by atoms with E-state index in [0.717, 1.165) is 0 Å². The number of carbonyl (C=O) groups is 3. The third-order valence-corrected chi connectivity index (χ3v) is 4.08. The van der Waals surface area contributed by atoms with E-state index < -0.39 is 12.0 Å². The molecule has 3 amide bonds. The maximum Gasteiger partial charge on any atom is 0.340 e. The van der Waals surface area contributed by atoms with Gasteiger partial charge < -0.3 is 20.7 Å². The Hall–Kier alpha value is -2.87. The van der Waals surface area contributed by atoms with E-state index in [9.17, 15) is 14.4 Å². The first-order chi connectivity index (χ1) is 13.5. The molecule has 0 unspecified atom stereocenters. The maximum atomic E-state index is 12.2. The molecule has 28 heavy (non-hydrogen) atoms. The van der Waals surface area contributed by atoms with Crippen LogP contribution in [-0.2, 0) is 9.53 Å². The molecule has 0 aromatic heterocycles. The SMILES string of the molecule is CCCOC(=O)c1cc(Br)ccc1NC(=O)CCNC(=O)Nc1ccccc1. The Labute approximate surface area is 172 Å². The van der Waals surface area contributed by atoms with Crippen molar-refractivity contribution in [3.63, 3.8) is 0 Å². The van der Waals surface area contributed by atoms with Crippen LogP contribution in [0.5, 0.6) is 0 Å². The zero-order valence-corrected chi connectivity index (χ0v) is 17.0. The van der Waals surface area contributed by atoms with Gasteiger partial charge >= 0.3 is 12.0 Å². The molecule has 3 N–H and O–H groups in total. The summed E-state index contributed by atoms with van der Waals surface area (Å²) in [6.45, 7) is 2.35. The van der Waals surface area contributed by atoms with Crippen LogP contribution in [0, 0.1) is 0 Å². The first kappa shape index (κ1) is 21.4. The zero-order valence-electron chi connectivity index (χ0n) is 15.5. The summed E-state index contributed by atoms with van der Waals surface area (Å²) >= 11 is 3.31. The summed E-state index contributed by atoms with van der Waals surface area (Å²) < 4.78 is 5.85. The van der Waals surface area contributed by atoms with Crippen LogP contribution < -0.4 is 16.0 Å². The molecule has 8 heteroatoms. The lowest BCUT2D eigenvalue weighted by molar-refractivity contribution is -0.116. The maximum absolute atomic E-state index is 12.2. The molecule has 0 radical (unpaired) electrons. The van der Waals surface area contributed by atoms with E-state index >= 15 is 0 Å². The van der Waals surface area contributed by atoms with Crippen LogP contribution in [0.3, 0.4) is 0 Å². The average Bonchev–Trinajstić information content (AvgIpc) is 2.68. The van der Waals surface area contributed by atoms with Gasteiger partial charge in [0, 0.05) is 23.1 Å². The predicted molar refractivity (Wildman–Crippen MR) is 111 cm³/mol. The number of rotatable bonds is 8. The van der Waals surface area contributed by atoms with Crippen molar-refractivity contribution < 1.29 is 19.1 Å². The summed E-state index contributed by atoms with van der Waals surface area (Å²) in [5, 5.41) is 7.97. The fraction of sp³-hybridized carbons (Fsp3) is 0.250. The number of nitrogens with one attached hydrogen (secondary N) is 3. The van der Waals surface area contributed by atoms with Crippen molar-refractivity contribution in [2.24, 2.45) is 0 Å². The van der Waals surface area contributed by atoms with Gasteiger partial charge in [0.15, 0.2) is 0 Å². The van der Waals surface area contributed by atoms with Gasteiger partial charge in [-0.15, -0.1) is 0 Å². The third kappa shape index (κ3) is 7.03. The van der Waals surface area contributed by atoms with E-state index in [2.05, 4.69) is 31.9 Å². The molecule has 2 rings (SSSR count). The normalized spacial score (nSPS) is 10.1. The molecule has 0 saturated carbocycles. The third-order valence-electron chi connectivity index (χ3n) is 3.58. The van der Waals surface area contributed by atoms with Crippen molar-refractivity contribution in [3.05, 3.63) is 58.6 Å². The highest BCUT2D eigenvalue weighted by atomic mass is 79.9. The number of ether oxygens (including phenoxy) is 1. The number of amides is 3. The minimum absolute atomic E-state index is 0.0573. The number of benzene rings is 2. The Kier molecular flexibility index (Phi) is 8.48. The summed E-state index contributed by atoms with van der Waals surface area (Å²) in [5.41, 5.74) is 1.29. The lowest BCUT2D eigenvalue weighted by atomic mass is 10.1. The summed E-state index contributed by atoms with van der Waals surface area (Å²) in [6.07, 6.45) is 0.764. The van der Waals surface area contributed by atoms with E-state index in [4.69, 9.17) is 4.74 Å². The summed E-state index contributed by atoms with van der Waals surface area (Å²) in [5.74, 6) is -0.828. The van der Waals surface area contributed by atoms with Crippen LogP contribution in [0.2, 0.25) is 0 Å². The van der Waals surface area contributed by atoms with E-state index in [1.165, 1.54) is 0 Å². The fourth-order valence-corrected chi connectivity index (χ4v) is 2.63. The molecule has 2 aromatic rings. The first-order valence-corrected chi connectivity index (χ1v) is 9.65. The number of halogens is 1. The molecular formula is C20H22BrN3O4. The molecule has 0 heterocycles. The fourth-order valence-electron chi connectivity index (χ4n) is 2.27. The van der Waals surface area contributed by atoms with Gasteiger partial charge in [-0.2, -0.15) is 0 Å². The molecule has 148 valence electrons. The molecule has 0 fully saturated rings. The van der Waals surface area contributed by atoms with E-state index in [1.54, 1.807) is 30.3 Å². The smallest absolute Gasteiger partial charge is 0.340 e. The lowest BCUT2D eigenvalue weighted by Crippen LogP contribution is -2.31. The standard InChI is InChI=1S/C20H22BrN3O4/c1-2-12-28-19(26)16-13-14(21)8-9-17(16)24-18(25)10-11-22-20(27)23-15-6-4-3-5-7-15/h3-9,13H,2,10-12H2,1H3,(H,24,25)(H2,22,23,27). The minimum Gasteiger partial charge on any atom is -0.462 e. The van der Waals surface area contributed by atoms with E-state index in [-0.39, 0.29) is 24.4 Å². The Balaban J connectivity index is 1.85. The largest absolute Gasteiger partial charge is 0.462 e. The first-order valence-electron chi connectivity index (χ1n) is 8.86. The van der Waals surface area contributed by atoms with Gasteiger partial charge in [0.2, 0.25) is 5.91 Å². The monoisotopic (exact) mass is 447 g/mol. The second kappa shape index (κ2) is 11.1. The number of hydrogen-bond acceptors (Lipinski definition) is 4. The number of carbonyl (C=O) groups excluding carboxylic acids is 3. The second-order valence-corrected chi connectivity index (χ2v) is 6.79. The number of esters is 1. The minimum atomic E-state index is -0.501. The second-order valence-electron chi connectivity index (χ2n) is 5.87. The number of para-hydroxylation sites is 1. The van der Waals surface area contributed by atoms with Crippen molar-refractivity contribution in [3.8, 4) is 0 Å². The highest BCUT2D eigenvalue weighted by Gasteiger charge is 2.15. The van der Waals surface area contributed by atoms with Gasteiger partial charge in [-0.1, -0.05) is 41.1 Å². The van der Waals surface area contributed by atoms with Crippen molar-refractivity contribution >= 4 is 45.2 Å². The van der Waals surface area contributed by atoms with Crippen LogP contribution in [0.1, 0.15) is 30.1 Å². The van der Waals surface area contributed by atoms with Gasteiger partial charge in [0.25, 0.3) is 0 Å². The van der Waals surface area contributed by atoms with E-state index in [1.807, 2.05) is 25.1 Å². The molecule has 7 nitrogen and oxygen atoms in total. The van der Waals surface area contributed by atoms with Crippen LogP contribution in [-0.4, -0.2) is 31.1 Å². The summed E-state index contributed by atoms with van der Waals surface area (Å²) in [7, 11) is 0. The zero-order chi connectivity index (χ0) is 20.4. The molecule has 0 spiro atoms. The van der Waals surface area contributed by atoms with Crippen LogP contribution in [0.25, 0.3) is 0 Å². The molecule has 0 bridgehead atoms. The molecule has 0 aliphatic carbocycles. The van der Waals surface area contributed by atoms with Gasteiger partial charge in [0.05, 0.1) is 17.9 Å². The van der Waals surface area contributed by atoms with Gasteiger partial charge in [-0.3, -0.25) is 4.79 Å². The predicted octanol–water partition coefficient (Wildman–Crippen LogP) is 4.17. The molecule has 0 aliphatic heterocycles. The summed E-state index contributed by atoms with van der Waals surface area (Å²) in [6, 6.07) is 13.5. The number of urea groups is 1. The highest BCUT2D eigenvalue weighted by molar-refractivity contribution is 9.10. The Morgan fingerprint density at radius 3 is 2.50 bits per heavy atom. The lowest BCUT2D eigenvalue weighted by Gasteiger charge is -2.12. The van der Waals surface area contributed by atoms with E-state index in [0.29, 0.717) is 28.9 Å². The summed E-state index contributed by atoms with van der Waals surface area (Å²) in [4.78, 5) is 36.2. The van der Waals surface area contributed by atoms with Crippen LogP contribution in [0.15, 0.2) is 53.0 Å². The number of hydrogen-bond donors (Lipinski definition) is 3. The Morgan fingerprint density at radius 2 is 1.79 bits per heavy atom. The molecule has 0 aliphatic rings. The van der Waals surface area contributed by atoms with Crippen molar-refractivity contribution in [2.75, 3.05) is 23.8 Å². The van der Waals surface area contributed by atoms with Crippen molar-refractivity contribution in [1.82, 2.24) is 5.32 Å². The van der Waals surface area contributed by atoms with Crippen molar-refractivity contribution in [2.45, 2.75) is 19.8 Å². The van der Waals surface area contributed by atoms with Gasteiger partial charge in [0.1, 0.15) is 0 Å². The molecule has 2 aromatic carbocycles. The highest BCUT2D eigenvalue weighted by Crippen LogP contribution is 2.22. The van der Waals surface area contributed by atoms with Crippen LogP contribution >= 0.6 is 15.9 Å². The van der Waals surface area contributed by atoms with Gasteiger partial charge in [-0.05, 0) is 36.8 Å². The number of anilines is 2.